The second-order valence-corrected chi connectivity index (χ2v) is 4.42. The van der Waals surface area contributed by atoms with Crippen molar-refractivity contribution < 1.29 is 9.47 Å². The summed E-state index contributed by atoms with van der Waals surface area (Å²) in [7, 11) is 1.57. The van der Waals surface area contributed by atoms with Crippen LogP contribution in [0.5, 0.6) is 17.2 Å². The van der Waals surface area contributed by atoms with Crippen LogP contribution in [0.2, 0.25) is 10.0 Å². The Morgan fingerprint density at radius 1 is 1.00 bits per heavy atom. The van der Waals surface area contributed by atoms with Crippen molar-refractivity contribution in [1.82, 2.24) is 0 Å². The highest BCUT2D eigenvalue weighted by atomic mass is 35.5. The topological polar surface area (TPSA) is 44.5 Å². The van der Waals surface area contributed by atoms with Crippen molar-refractivity contribution in [2.24, 2.45) is 0 Å². The lowest BCUT2D eigenvalue weighted by atomic mass is 10.2. The zero-order valence-electron chi connectivity index (χ0n) is 9.61. The van der Waals surface area contributed by atoms with E-state index < -0.39 is 0 Å². The first kappa shape index (κ1) is 12.9. The van der Waals surface area contributed by atoms with Crippen molar-refractivity contribution in [1.29, 1.82) is 0 Å². The summed E-state index contributed by atoms with van der Waals surface area (Å²) < 4.78 is 10.7. The fourth-order valence-corrected chi connectivity index (χ4v) is 1.74. The fourth-order valence-electron chi connectivity index (χ4n) is 1.42. The van der Waals surface area contributed by atoms with Crippen molar-refractivity contribution >= 4 is 28.9 Å². The first-order valence-electron chi connectivity index (χ1n) is 5.16. The monoisotopic (exact) mass is 283 g/mol. The highest BCUT2D eigenvalue weighted by Crippen LogP contribution is 2.35. The smallest absolute Gasteiger partial charge is 0.150 e. The summed E-state index contributed by atoms with van der Waals surface area (Å²) in [4.78, 5) is 0. The summed E-state index contributed by atoms with van der Waals surface area (Å²) in [5.74, 6) is 1.62. The molecule has 0 aliphatic carbocycles. The summed E-state index contributed by atoms with van der Waals surface area (Å²) in [6.45, 7) is 0. The standard InChI is InChI=1S/C13H11Cl2NO2/c1-17-9-3-5-12(11(16)7-9)18-13-6-8(14)2-4-10(13)15/h2-7H,16H2,1H3. The molecule has 0 atom stereocenters. The van der Waals surface area contributed by atoms with Gasteiger partial charge in [-0.1, -0.05) is 23.2 Å². The Morgan fingerprint density at radius 3 is 2.44 bits per heavy atom. The van der Waals surface area contributed by atoms with Gasteiger partial charge in [-0.05, 0) is 24.3 Å². The number of hydrogen-bond donors (Lipinski definition) is 1. The fraction of sp³-hybridized carbons (Fsp3) is 0.0769. The van der Waals surface area contributed by atoms with Gasteiger partial charge in [-0.15, -0.1) is 0 Å². The molecule has 2 N–H and O–H groups in total. The molecule has 0 saturated heterocycles. The second kappa shape index (κ2) is 5.38. The number of anilines is 1. The average Bonchev–Trinajstić information content (AvgIpc) is 2.36. The maximum atomic E-state index is 6.01. The van der Waals surface area contributed by atoms with Crippen LogP contribution in [0, 0.1) is 0 Å². The van der Waals surface area contributed by atoms with Gasteiger partial charge in [0.15, 0.2) is 5.75 Å². The lowest BCUT2D eigenvalue weighted by molar-refractivity contribution is 0.413. The number of halogens is 2. The van der Waals surface area contributed by atoms with E-state index in [1.807, 2.05) is 0 Å². The predicted molar refractivity (Wildman–Crippen MR) is 73.9 cm³/mol. The second-order valence-electron chi connectivity index (χ2n) is 3.58. The average molecular weight is 284 g/mol. The van der Waals surface area contributed by atoms with E-state index >= 15 is 0 Å². The van der Waals surface area contributed by atoms with Crippen LogP contribution in [-0.2, 0) is 0 Å². The molecule has 2 aromatic carbocycles. The van der Waals surface area contributed by atoms with Gasteiger partial charge in [0.05, 0.1) is 17.8 Å². The largest absolute Gasteiger partial charge is 0.497 e. The molecule has 0 aromatic heterocycles. The molecule has 0 saturated carbocycles. The van der Waals surface area contributed by atoms with Gasteiger partial charge in [-0.2, -0.15) is 0 Å². The molecule has 0 spiro atoms. The van der Waals surface area contributed by atoms with Gasteiger partial charge in [0, 0.05) is 17.2 Å². The summed E-state index contributed by atoms with van der Waals surface area (Å²) in [5, 5.41) is 1.01. The minimum atomic E-state index is 0.459. The Bertz CT molecular complexity index is 573. The van der Waals surface area contributed by atoms with Crippen molar-refractivity contribution in [2.45, 2.75) is 0 Å². The van der Waals surface area contributed by atoms with E-state index in [2.05, 4.69) is 0 Å². The van der Waals surface area contributed by atoms with E-state index in [4.69, 9.17) is 38.4 Å². The van der Waals surface area contributed by atoms with Gasteiger partial charge in [0.1, 0.15) is 11.5 Å². The van der Waals surface area contributed by atoms with E-state index in [0.717, 1.165) is 0 Å². The molecule has 0 heterocycles. The quantitative estimate of drug-likeness (QED) is 0.851. The zero-order valence-corrected chi connectivity index (χ0v) is 11.1. The lowest BCUT2D eigenvalue weighted by Gasteiger charge is -2.11. The number of rotatable bonds is 3. The molecule has 0 amide bonds. The van der Waals surface area contributed by atoms with Gasteiger partial charge in [-0.25, -0.2) is 0 Å². The van der Waals surface area contributed by atoms with E-state index in [-0.39, 0.29) is 0 Å². The molecular weight excluding hydrogens is 273 g/mol. The lowest BCUT2D eigenvalue weighted by Crippen LogP contribution is -1.94. The molecule has 94 valence electrons. The number of nitrogen functional groups attached to an aromatic ring is 1. The third-order valence-corrected chi connectivity index (χ3v) is 2.88. The predicted octanol–water partition coefficient (Wildman–Crippen LogP) is 4.38. The Morgan fingerprint density at radius 2 is 1.78 bits per heavy atom. The number of ether oxygens (including phenoxy) is 2. The van der Waals surface area contributed by atoms with Gasteiger partial charge < -0.3 is 15.2 Å². The van der Waals surface area contributed by atoms with Crippen molar-refractivity contribution in [3.8, 4) is 17.2 Å². The van der Waals surface area contributed by atoms with Crippen molar-refractivity contribution in [3.05, 3.63) is 46.4 Å². The SMILES string of the molecule is COc1ccc(Oc2cc(Cl)ccc2Cl)c(N)c1. The Labute approximate surface area is 115 Å². The molecule has 0 aliphatic rings. The van der Waals surface area contributed by atoms with E-state index in [1.165, 1.54) is 0 Å². The molecule has 5 heteroatoms. The highest BCUT2D eigenvalue weighted by Gasteiger charge is 2.07. The molecule has 2 aromatic rings. The zero-order chi connectivity index (χ0) is 13.1. The van der Waals surface area contributed by atoms with E-state index in [1.54, 1.807) is 43.5 Å². The van der Waals surface area contributed by atoms with Crippen LogP contribution >= 0.6 is 23.2 Å². The van der Waals surface area contributed by atoms with Crippen LogP contribution in [0.15, 0.2) is 36.4 Å². The molecule has 3 nitrogen and oxygen atoms in total. The number of benzene rings is 2. The van der Waals surface area contributed by atoms with Crippen LogP contribution in [0.3, 0.4) is 0 Å². The molecule has 0 unspecified atom stereocenters. The van der Waals surface area contributed by atoms with Gasteiger partial charge >= 0.3 is 0 Å². The van der Waals surface area contributed by atoms with Crippen LogP contribution in [-0.4, -0.2) is 7.11 Å². The van der Waals surface area contributed by atoms with Crippen molar-refractivity contribution in [3.63, 3.8) is 0 Å². The maximum Gasteiger partial charge on any atom is 0.150 e. The third-order valence-electron chi connectivity index (χ3n) is 2.33. The van der Waals surface area contributed by atoms with Gasteiger partial charge in [-0.3, -0.25) is 0 Å². The van der Waals surface area contributed by atoms with Crippen LogP contribution in [0.25, 0.3) is 0 Å². The first-order chi connectivity index (χ1) is 8.60. The van der Waals surface area contributed by atoms with Crippen LogP contribution in [0.1, 0.15) is 0 Å². The molecule has 0 radical (unpaired) electrons. The maximum absolute atomic E-state index is 6.01. The molecule has 2 rings (SSSR count). The summed E-state index contributed by atoms with van der Waals surface area (Å²) in [6, 6.07) is 10.1. The number of nitrogens with two attached hydrogens (primary N) is 1. The normalized spacial score (nSPS) is 10.2. The Balaban J connectivity index is 2.31. The van der Waals surface area contributed by atoms with Gasteiger partial charge in [0.2, 0.25) is 0 Å². The van der Waals surface area contributed by atoms with E-state index in [0.29, 0.717) is 33.0 Å². The minimum absolute atomic E-state index is 0.459. The molecule has 18 heavy (non-hydrogen) atoms. The Kier molecular flexibility index (Phi) is 3.84. The molecule has 0 bridgehead atoms. The highest BCUT2D eigenvalue weighted by molar-refractivity contribution is 6.34. The number of hydrogen-bond acceptors (Lipinski definition) is 3. The molecular formula is C13H11Cl2NO2. The summed E-state index contributed by atoms with van der Waals surface area (Å²) >= 11 is 11.9. The molecule has 0 fully saturated rings. The minimum Gasteiger partial charge on any atom is -0.497 e. The van der Waals surface area contributed by atoms with Crippen LogP contribution < -0.4 is 15.2 Å². The van der Waals surface area contributed by atoms with Gasteiger partial charge in [0.25, 0.3) is 0 Å². The van der Waals surface area contributed by atoms with Crippen LogP contribution in [0.4, 0.5) is 5.69 Å². The summed E-state index contributed by atoms with van der Waals surface area (Å²) in [5.41, 5.74) is 6.32. The summed E-state index contributed by atoms with van der Waals surface area (Å²) in [6.07, 6.45) is 0. The molecule has 0 aliphatic heterocycles. The first-order valence-corrected chi connectivity index (χ1v) is 5.92. The Hall–Kier alpha value is -1.58. The van der Waals surface area contributed by atoms with Crippen molar-refractivity contribution in [2.75, 3.05) is 12.8 Å². The number of methoxy groups -OCH3 is 1. The third kappa shape index (κ3) is 2.81. The van der Waals surface area contributed by atoms with E-state index in [9.17, 15) is 0 Å².